The first kappa shape index (κ1) is 20.2. The highest BCUT2D eigenvalue weighted by molar-refractivity contribution is 6.31. The Hall–Kier alpha value is -3.44. The molecule has 3 aromatic carbocycles. The number of carbonyl (C=O) groups is 1. The van der Waals surface area contributed by atoms with Gasteiger partial charge in [0.25, 0.3) is 0 Å². The fourth-order valence-electron chi connectivity index (χ4n) is 4.95. The van der Waals surface area contributed by atoms with Gasteiger partial charge in [-0.1, -0.05) is 53.6 Å². The van der Waals surface area contributed by atoms with Crippen molar-refractivity contribution in [2.75, 3.05) is 17.4 Å². The topological polar surface area (TPSA) is 59.6 Å². The van der Waals surface area contributed by atoms with Gasteiger partial charge in [0.05, 0.1) is 22.4 Å². The van der Waals surface area contributed by atoms with E-state index in [1.54, 1.807) is 6.07 Å². The molecule has 2 heterocycles. The number of benzene rings is 3. The highest BCUT2D eigenvalue weighted by Gasteiger charge is 2.37. The van der Waals surface area contributed by atoms with Crippen molar-refractivity contribution < 1.29 is 14.3 Å². The second kappa shape index (κ2) is 7.85. The number of allylic oxidation sites excluding steroid dienone is 1. The number of ether oxygens (including phenoxy) is 2. The van der Waals surface area contributed by atoms with Crippen molar-refractivity contribution in [1.29, 1.82) is 0 Å². The number of carbonyl (C=O) groups excluding carboxylic acids is 1. The molecule has 0 radical (unpaired) electrons. The van der Waals surface area contributed by atoms with Gasteiger partial charge >= 0.3 is 0 Å². The summed E-state index contributed by atoms with van der Waals surface area (Å²) in [7, 11) is 0. The number of halogens is 1. The lowest BCUT2D eigenvalue weighted by Crippen LogP contribution is -2.27. The predicted molar refractivity (Wildman–Crippen MR) is 129 cm³/mol. The van der Waals surface area contributed by atoms with Crippen LogP contribution in [0.1, 0.15) is 41.5 Å². The van der Waals surface area contributed by atoms with Gasteiger partial charge in [0, 0.05) is 29.3 Å². The molecular formula is C27H23ClN2O3. The molecule has 5 nitrogen and oxygen atoms in total. The summed E-state index contributed by atoms with van der Waals surface area (Å²) in [6.07, 6.45) is 1.21. The van der Waals surface area contributed by atoms with Crippen molar-refractivity contribution in [3.05, 3.63) is 93.6 Å². The summed E-state index contributed by atoms with van der Waals surface area (Å²) in [5.74, 6) is 1.51. The van der Waals surface area contributed by atoms with Crippen LogP contribution in [0, 0.1) is 6.92 Å². The standard InChI is InChI=1S/C27H23ClN2O3/c1-15-6-8-16(9-7-15)17-10-22-26(23(31)11-17)27(30-21-5-3-2-4-20(21)29-22)18-12-24-25(13-19(18)28)33-14-32-24/h2-9,12-13,17,27,29-30H,10-11,14H2,1H3/t17-,27-/m1/s1. The summed E-state index contributed by atoms with van der Waals surface area (Å²) >= 11 is 6.71. The first-order valence-corrected chi connectivity index (χ1v) is 11.5. The molecule has 6 rings (SSSR count). The molecule has 33 heavy (non-hydrogen) atoms. The Morgan fingerprint density at radius 1 is 0.939 bits per heavy atom. The van der Waals surface area contributed by atoms with E-state index in [0.717, 1.165) is 34.6 Å². The second-order valence-corrected chi connectivity index (χ2v) is 9.21. The minimum Gasteiger partial charge on any atom is -0.454 e. The number of rotatable bonds is 2. The minimum atomic E-state index is -0.399. The smallest absolute Gasteiger partial charge is 0.231 e. The monoisotopic (exact) mass is 458 g/mol. The summed E-state index contributed by atoms with van der Waals surface area (Å²) in [4.78, 5) is 13.7. The summed E-state index contributed by atoms with van der Waals surface area (Å²) in [6.45, 7) is 2.24. The van der Waals surface area contributed by atoms with Crippen LogP contribution in [0.5, 0.6) is 11.5 Å². The first-order chi connectivity index (χ1) is 16.1. The molecule has 6 heteroatoms. The zero-order valence-electron chi connectivity index (χ0n) is 18.2. The lowest BCUT2D eigenvalue weighted by molar-refractivity contribution is -0.116. The zero-order chi connectivity index (χ0) is 22.5. The average molecular weight is 459 g/mol. The van der Waals surface area contributed by atoms with Gasteiger partial charge in [-0.3, -0.25) is 4.79 Å². The number of anilines is 2. The van der Waals surface area contributed by atoms with Crippen LogP contribution in [0.25, 0.3) is 0 Å². The van der Waals surface area contributed by atoms with Crippen molar-refractivity contribution >= 4 is 28.8 Å². The zero-order valence-corrected chi connectivity index (χ0v) is 18.9. The lowest BCUT2D eigenvalue weighted by Gasteiger charge is -2.30. The fraction of sp³-hybridized carbons (Fsp3) is 0.222. The highest BCUT2D eigenvalue weighted by Crippen LogP contribution is 2.47. The molecule has 0 aromatic heterocycles. The fourth-order valence-corrected chi connectivity index (χ4v) is 5.22. The van der Waals surface area contributed by atoms with Crippen LogP contribution in [0.2, 0.25) is 5.02 Å². The summed E-state index contributed by atoms with van der Waals surface area (Å²) < 4.78 is 11.1. The first-order valence-electron chi connectivity index (χ1n) is 11.1. The van der Waals surface area contributed by atoms with Gasteiger partial charge in [-0.25, -0.2) is 0 Å². The van der Waals surface area contributed by atoms with Gasteiger partial charge in [0.15, 0.2) is 17.3 Å². The SMILES string of the molecule is Cc1ccc([C@H]2CC(=O)C3=C(C2)Nc2ccccc2N[C@@H]3c2cc3c(cc2Cl)OCO3)cc1. The molecule has 166 valence electrons. The Balaban J connectivity index is 1.47. The highest BCUT2D eigenvalue weighted by atomic mass is 35.5. The number of aryl methyl sites for hydroxylation is 1. The van der Waals surface area contributed by atoms with E-state index in [1.165, 1.54) is 11.1 Å². The maximum Gasteiger partial charge on any atom is 0.231 e. The Kier molecular flexibility index (Phi) is 4.80. The predicted octanol–water partition coefficient (Wildman–Crippen LogP) is 6.36. The van der Waals surface area contributed by atoms with Crippen LogP contribution < -0.4 is 20.1 Å². The number of Topliss-reactive ketones (excluding diaryl/α,β-unsaturated/α-hetero) is 1. The van der Waals surface area contributed by atoms with E-state index >= 15 is 0 Å². The normalized spacial score (nSPS) is 21.0. The third-order valence-corrected chi connectivity index (χ3v) is 6.99. The summed E-state index contributed by atoms with van der Waals surface area (Å²) in [5, 5.41) is 7.69. The molecule has 0 saturated heterocycles. The van der Waals surface area contributed by atoms with Crippen molar-refractivity contribution in [2.24, 2.45) is 0 Å². The van der Waals surface area contributed by atoms with E-state index in [0.29, 0.717) is 22.9 Å². The maximum absolute atomic E-state index is 13.7. The molecule has 2 aliphatic heterocycles. The molecular weight excluding hydrogens is 436 g/mol. The molecule has 3 aromatic rings. The number of nitrogens with one attached hydrogen (secondary N) is 2. The van der Waals surface area contributed by atoms with Crippen molar-refractivity contribution in [3.8, 4) is 11.5 Å². The molecule has 0 amide bonds. The van der Waals surface area contributed by atoms with Crippen LogP contribution in [0.15, 0.2) is 71.9 Å². The Bertz CT molecular complexity index is 1300. The Morgan fingerprint density at radius 3 is 2.45 bits per heavy atom. The van der Waals surface area contributed by atoms with Gasteiger partial charge in [0.1, 0.15) is 0 Å². The number of ketones is 1. The second-order valence-electron chi connectivity index (χ2n) is 8.81. The van der Waals surface area contributed by atoms with Gasteiger partial charge in [-0.15, -0.1) is 0 Å². The average Bonchev–Trinajstić information content (AvgIpc) is 3.18. The van der Waals surface area contributed by atoms with Crippen molar-refractivity contribution in [2.45, 2.75) is 31.7 Å². The van der Waals surface area contributed by atoms with Crippen LogP contribution in [-0.2, 0) is 4.79 Å². The molecule has 3 aliphatic rings. The van der Waals surface area contributed by atoms with Crippen LogP contribution >= 0.6 is 11.6 Å². The summed E-state index contributed by atoms with van der Waals surface area (Å²) in [6, 6.07) is 19.7. The van der Waals surface area contributed by atoms with E-state index in [1.807, 2.05) is 30.3 Å². The van der Waals surface area contributed by atoms with Gasteiger partial charge < -0.3 is 20.1 Å². The van der Waals surface area contributed by atoms with Crippen molar-refractivity contribution in [3.63, 3.8) is 0 Å². The quantitative estimate of drug-likeness (QED) is 0.468. The van der Waals surface area contributed by atoms with Crippen LogP contribution in [0.4, 0.5) is 11.4 Å². The molecule has 2 atom stereocenters. The number of hydrogen-bond donors (Lipinski definition) is 2. The molecule has 0 unspecified atom stereocenters. The van der Waals surface area contributed by atoms with E-state index in [4.69, 9.17) is 21.1 Å². The minimum absolute atomic E-state index is 0.119. The van der Waals surface area contributed by atoms with E-state index in [-0.39, 0.29) is 18.5 Å². The van der Waals surface area contributed by atoms with E-state index in [9.17, 15) is 4.79 Å². The summed E-state index contributed by atoms with van der Waals surface area (Å²) in [5.41, 5.74) is 6.74. The van der Waals surface area contributed by atoms with Gasteiger partial charge in [-0.05, 0) is 43.0 Å². The van der Waals surface area contributed by atoms with Crippen LogP contribution in [-0.4, -0.2) is 12.6 Å². The third kappa shape index (κ3) is 3.53. The molecule has 0 saturated carbocycles. The van der Waals surface area contributed by atoms with Gasteiger partial charge in [0.2, 0.25) is 6.79 Å². The van der Waals surface area contributed by atoms with Crippen LogP contribution in [0.3, 0.4) is 0 Å². The third-order valence-electron chi connectivity index (χ3n) is 6.66. The largest absolute Gasteiger partial charge is 0.454 e. The Morgan fingerprint density at radius 2 is 1.67 bits per heavy atom. The van der Waals surface area contributed by atoms with E-state index < -0.39 is 6.04 Å². The van der Waals surface area contributed by atoms with Gasteiger partial charge in [-0.2, -0.15) is 0 Å². The molecule has 1 aliphatic carbocycles. The maximum atomic E-state index is 13.7. The molecule has 2 N–H and O–H groups in total. The van der Waals surface area contributed by atoms with E-state index in [2.05, 4.69) is 41.8 Å². The molecule has 0 fully saturated rings. The number of hydrogen-bond acceptors (Lipinski definition) is 5. The van der Waals surface area contributed by atoms with Crippen molar-refractivity contribution in [1.82, 2.24) is 0 Å². The number of fused-ring (bicyclic) bond motifs is 2. The Labute approximate surface area is 197 Å². The molecule has 0 spiro atoms. The number of para-hydroxylation sites is 2. The lowest BCUT2D eigenvalue weighted by atomic mass is 9.78. The molecule has 0 bridgehead atoms.